The number of hydrogen-bond acceptors (Lipinski definition) is 7. The SMILES string of the molecule is CO/C(C)=N\N=C\c1ccc(S(=O)(=O)NC2=C(C(=O)c3cccnc3)CC=C(C)C=C2)cc1. The summed E-state index contributed by atoms with van der Waals surface area (Å²) in [7, 11) is -2.45. The first-order valence-corrected chi connectivity index (χ1v) is 11.6. The fourth-order valence-electron chi connectivity index (χ4n) is 2.89. The number of nitrogens with one attached hydrogen (secondary N) is 1. The molecule has 0 radical (unpaired) electrons. The fraction of sp³-hybridized carbons (Fsp3) is 0.167. The Morgan fingerprint density at radius 3 is 2.61 bits per heavy atom. The van der Waals surface area contributed by atoms with Gasteiger partial charge in [0.15, 0.2) is 5.78 Å². The third-order valence-electron chi connectivity index (χ3n) is 4.80. The molecule has 1 N–H and O–H groups in total. The molecule has 2 aromatic rings. The van der Waals surface area contributed by atoms with Crippen LogP contribution in [0.15, 0.2) is 99.0 Å². The van der Waals surface area contributed by atoms with E-state index < -0.39 is 10.0 Å². The van der Waals surface area contributed by atoms with Gasteiger partial charge in [0.2, 0.25) is 5.90 Å². The summed E-state index contributed by atoms with van der Waals surface area (Å²) in [6.45, 7) is 3.55. The number of benzene rings is 1. The molecule has 1 aromatic heterocycles. The van der Waals surface area contributed by atoms with Crippen molar-refractivity contribution in [3.8, 4) is 0 Å². The maximum absolute atomic E-state index is 13.1. The smallest absolute Gasteiger partial charge is 0.261 e. The summed E-state index contributed by atoms with van der Waals surface area (Å²) in [5.41, 5.74) is 2.56. The van der Waals surface area contributed by atoms with E-state index in [1.165, 1.54) is 31.7 Å². The number of Topliss-reactive ketones (excluding diaryl/α,β-unsaturated/α-hetero) is 1. The fourth-order valence-corrected chi connectivity index (χ4v) is 3.99. The molecule has 1 heterocycles. The summed E-state index contributed by atoms with van der Waals surface area (Å²) in [6, 6.07) is 9.46. The maximum Gasteiger partial charge on any atom is 0.261 e. The topological polar surface area (TPSA) is 110 Å². The van der Waals surface area contributed by atoms with Crippen LogP contribution >= 0.6 is 0 Å². The van der Waals surface area contributed by atoms with E-state index in [2.05, 4.69) is 19.9 Å². The predicted octanol–water partition coefficient (Wildman–Crippen LogP) is 3.80. The molecule has 0 saturated heterocycles. The number of allylic oxidation sites excluding steroid dienone is 5. The van der Waals surface area contributed by atoms with Gasteiger partial charge in [-0.2, -0.15) is 5.10 Å². The van der Waals surface area contributed by atoms with E-state index in [9.17, 15) is 13.2 Å². The monoisotopic (exact) mass is 464 g/mol. The number of methoxy groups -OCH3 is 1. The lowest BCUT2D eigenvalue weighted by Crippen LogP contribution is -2.25. The Labute approximate surface area is 193 Å². The normalized spacial score (nSPS) is 14.8. The van der Waals surface area contributed by atoms with E-state index in [1.54, 1.807) is 49.5 Å². The Hall–Kier alpha value is -3.85. The Balaban J connectivity index is 1.89. The van der Waals surface area contributed by atoms with Crippen LogP contribution in [0.25, 0.3) is 0 Å². The molecule has 0 saturated carbocycles. The third kappa shape index (κ3) is 6.33. The average molecular weight is 465 g/mol. The zero-order valence-corrected chi connectivity index (χ0v) is 19.3. The van der Waals surface area contributed by atoms with Crippen molar-refractivity contribution in [3.05, 3.63) is 95.0 Å². The highest BCUT2D eigenvalue weighted by molar-refractivity contribution is 7.89. The molecule has 0 spiro atoms. The summed E-state index contributed by atoms with van der Waals surface area (Å²) in [6.07, 6.45) is 10.1. The first-order valence-electron chi connectivity index (χ1n) is 10.1. The van der Waals surface area contributed by atoms with Crippen LogP contribution in [0, 0.1) is 0 Å². The zero-order chi connectivity index (χ0) is 23.8. The van der Waals surface area contributed by atoms with Crippen LogP contribution < -0.4 is 4.72 Å². The van der Waals surface area contributed by atoms with Crippen molar-refractivity contribution in [2.75, 3.05) is 7.11 Å². The van der Waals surface area contributed by atoms with Crippen LogP contribution in [-0.4, -0.2) is 38.4 Å². The van der Waals surface area contributed by atoms with Gasteiger partial charge >= 0.3 is 0 Å². The third-order valence-corrected chi connectivity index (χ3v) is 6.18. The number of rotatable bonds is 7. The van der Waals surface area contributed by atoms with Gasteiger partial charge in [-0.05, 0) is 49.2 Å². The van der Waals surface area contributed by atoms with Gasteiger partial charge in [0, 0.05) is 30.5 Å². The van der Waals surface area contributed by atoms with E-state index in [-0.39, 0.29) is 16.4 Å². The van der Waals surface area contributed by atoms with Crippen molar-refractivity contribution in [1.29, 1.82) is 0 Å². The van der Waals surface area contributed by atoms with Gasteiger partial charge in [0.25, 0.3) is 10.0 Å². The molecule has 1 aliphatic carbocycles. The summed E-state index contributed by atoms with van der Waals surface area (Å²) >= 11 is 0. The minimum atomic E-state index is -3.94. The highest BCUT2D eigenvalue weighted by Crippen LogP contribution is 2.22. The van der Waals surface area contributed by atoms with Crippen molar-refractivity contribution >= 4 is 27.9 Å². The van der Waals surface area contributed by atoms with Gasteiger partial charge < -0.3 is 4.74 Å². The molecular weight excluding hydrogens is 440 g/mol. The lowest BCUT2D eigenvalue weighted by atomic mass is 10.0. The highest BCUT2D eigenvalue weighted by Gasteiger charge is 2.22. The Kier molecular flexibility index (Phi) is 7.68. The first kappa shape index (κ1) is 23.8. The van der Waals surface area contributed by atoms with Gasteiger partial charge in [-0.3, -0.25) is 14.5 Å². The average Bonchev–Trinajstić information content (AvgIpc) is 3.00. The lowest BCUT2D eigenvalue weighted by Gasteiger charge is -2.13. The molecule has 0 amide bonds. The molecule has 0 unspecified atom stereocenters. The van der Waals surface area contributed by atoms with E-state index in [0.717, 1.165) is 5.57 Å². The standard InChI is InChI=1S/C24H24N4O4S/c1-17-6-12-22(24(29)20-5-4-14-25-16-20)23(13-7-17)28-33(30,31)21-10-8-19(9-11-21)15-26-27-18(2)32-3/h4-11,13-16,28H,12H2,1-3H3/b26-15+,27-18-. The van der Waals surface area contributed by atoms with Crippen LogP contribution in [-0.2, 0) is 14.8 Å². The number of ether oxygens (including phenoxy) is 1. The van der Waals surface area contributed by atoms with Crippen molar-refractivity contribution in [1.82, 2.24) is 9.71 Å². The number of carbonyl (C=O) groups excluding carboxylic acids is 1. The van der Waals surface area contributed by atoms with Gasteiger partial charge in [0.05, 0.1) is 23.9 Å². The summed E-state index contributed by atoms with van der Waals surface area (Å²) in [5.74, 6) is 0.121. The van der Waals surface area contributed by atoms with Crippen LogP contribution in [0.4, 0.5) is 0 Å². The second-order valence-electron chi connectivity index (χ2n) is 7.19. The number of aromatic nitrogens is 1. The molecule has 8 nitrogen and oxygen atoms in total. The van der Waals surface area contributed by atoms with Crippen LogP contribution in [0.1, 0.15) is 36.2 Å². The van der Waals surface area contributed by atoms with E-state index in [0.29, 0.717) is 29.0 Å². The molecule has 0 bridgehead atoms. The Morgan fingerprint density at radius 2 is 1.94 bits per heavy atom. The quantitative estimate of drug-likeness (QED) is 0.290. The summed E-state index contributed by atoms with van der Waals surface area (Å²) in [4.78, 5) is 17.1. The van der Waals surface area contributed by atoms with Gasteiger partial charge in [0.1, 0.15) is 0 Å². The highest BCUT2D eigenvalue weighted by atomic mass is 32.2. The number of carbonyl (C=O) groups is 1. The number of nitrogens with zero attached hydrogens (tertiary/aromatic N) is 3. The van der Waals surface area contributed by atoms with Gasteiger partial charge in [-0.15, -0.1) is 5.10 Å². The Morgan fingerprint density at radius 1 is 1.18 bits per heavy atom. The molecule has 0 fully saturated rings. The predicted molar refractivity (Wildman–Crippen MR) is 128 cm³/mol. The number of ketones is 1. The van der Waals surface area contributed by atoms with Crippen LogP contribution in [0.2, 0.25) is 0 Å². The molecule has 33 heavy (non-hydrogen) atoms. The maximum atomic E-state index is 13.1. The largest absolute Gasteiger partial charge is 0.483 e. The van der Waals surface area contributed by atoms with Crippen molar-refractivity contribution in [3.63, 3.8) is 0 Å². The number of pyridine rings is 1. The number of sulfonamides is 1. The molecule has 0 atom stereocenters. The lowest BCUT2D eigenvalue weighted by molar-refractivity contribution is 0.103. The minimum absolute atomic E-state index is 0.0548. The molecular formula is C24H24N4O4S. The van der Waals surface area contributed by atoms with Crippen molar-refractivity contribution < 1.29 is 17.9 Å². The van der Waals surface area contributed by atoms with E-state index in [4.69, 9.17) is 4.74 Å². The second kappa shape index (κ2) is 10.6. The molecule has 1 aliphatic rings. The molecule has 9 heteroatoms. The van der Waals surface area contributed by atoms with Crippen LogP contribution in [0.3, 0.4) is 0 Å². The van der Waals surface area contributed by atoms with E-state index in [1.807, 2.05) is 13.0 Å². The van der Waals surface area contributed by atoms with Crippen molar-refractivity contribution in [2.45, 2.75) is 25.2 Å². The molecule has 1 aromatic carbocycles. The second-order valence-corrected chi connectivity index (χ2v) is 8.87. The first-order chi connectivity index (χ1) is 15.8. The van der Waals surface area contributed by atoms with E-state index >= 15 is 0 Å². The zero-order valence-electron chi connectivity index (χ0n) is 18.5. The molecule has 3 rings (SSSR count). The summed E-state index contributed by atoms with van der Waals surface area (Å²) in [5, 5.41) is 7.71. The Bertz CT molecular complexity index is 1270. The van der Waals surface area contributed by atoms with Gasteiger partial charge in [-0.1, -0.05) is 29.9 Å². The van der Waals surface area contributed by atoms with Gasteiger partial charge in [-0.25, -0.2) is 8.42 Å². The number of hydrogen-bond donors (Lipinski definition) is 1. The molecule has 170 valence electrons. The van der Waals surface area contributed by atoms with Crippen molar-refractivity contribution in [2.24, 2.45) is 10.2 Å². The van der Waals surface area contributed by atoms with Crippen LogP contribution in [0.5, 0.6) is 0 Å². The molecule has 0 aliphatic heterocycles. The summed E-state index contributed by atoms with van der Waals surface area (Å²) < 4.78 is 33.6. The minimum Gasteiger partial charge on any atom is -0.483 e.